The Morgan fingerprint density at radius 1 is 1.39 bits per heavy atom. The molecule has 0 spiro atoms. The summed E-state index contributed by atoms with van der Waals surface area (Å²) in [4.78, 5) is 8.56. The van der Waals surface area contributed by atoms with Gasteiger partial charge in [0, 0.05) is 4.90 Å². The summed E-state index contributed by atoms with van der Waals surface area (Å²) in [6, 6.07) is 7.85. The molecule has 0 fully saturated rings. The lowest BCUT2D eigenvalue weighted by Gasteiger charge is -2.03. The van der Waals surface area contributed by atoms with E-state index < -0.39 is 6.04 Å². The van der Waals surface area contributed by atoms with Crippen molar-refractivity contribution in [3.8, 4) is 11.3 Å². The Labute approximate surface area is 111 Å². The Morgan fingerprint density at radius 3 is 2.72 bits per heavy atom. The number of thioether (sulfide) groups is 1. The van der Waals surface area contributed by atoms with Gasteiger partial charge in [0.2, 0.25) is 0 Å². The van der Waals surface area contributed by atoms with Crippen LogP contribution in [0.3, 0.4) is 0 Å². The fraction of sp³-hybridized carbons (Fsp3) is 0.308. The van der Waals surface area contributed by atoms with Crippen LogP contribution in [0.1, 0.15) is 18.8 Å². The van der Waals surface area contributed by atoms with Gasteiger partial charge in [0.05, 0.1) is 24.5 Å². The van der Waals surface area contributed by atoms with Gasteiger partial charge in [-0.2, -0.15) is 0 Å². The summed E-state index contributed by atoms with van der Waals surface area (Å²) in [6.07, 6.45) is 1.74. The highest BCUT2D eigenvalue weighted by atomic mass is 32.2. The van der Waals surface area contributed by atoms with E-state index in [0.717, 1.165) is 17.0 Å². The molecule has 0 saturated heterocycles. The molecule has 0 radical (unpaired) electrons. The molecule has 2 aromatic rings. The molecule has 0 aliphatic carbocycles. The predicted molar refractivity (Wildman–Crippen MR) is 74.4 cm³/mol. The molecule has 0 bridgehead atoms. The fourth-order valence-corrected chi connectivity index (χ4v) is 2.32. The van der Waals surface area contributed by atoms with E-state index in [1.165, 1.54) is 4.90 Å². The van der Waals surface area contributed by atoms with Gasteiger partial charge in [-0.25, -0.2) is 4.98 Å². The van der Waals surface area contributed by atoms with Crippen molar-refractivity contribution in [3.63, 3.8) is 0 Å². The van der Waals surface area contributed by atoms with Crippen molar-refractivity contribution in [2.75, 3.05) is 12.4 Å². The smallest absolute Gasteiger partial charge is 0.125 e. The molecule has 0 aliphatic heterocycles. The minimum atomic E-state index is -0.450. The highest BCUT2D eigenvalue weighted by Gasteiger charge is 2.09. The number of hydrogen-bond donors (Lipinski definition) is 3. The number of hydrogen-bond acceptors (Lipinski definition) is 4. The van der Waals surface area contributed by atoms with E-state index in [1.807, 2.05) is 11.8 Å². The molecular weight excluding hydrogens is 246 g/mol. The first-order valence-electron chi connectivity index (χ1n) is 5.89. The first-order chi connectivity index (χ1) is 8.74. The third-order valence-electron chi connectivity index (χ3n) is 2.62. The molecule has 96 valence electrons. The number of nitrogens with one attached hydrogen (secondary N) is 1. The molecule has 4 nitrogen and oxygen atoms in total. The zero-order valence-electron chi connectivity index (χ0n) is 10.3. The van der Waals surface area contributed by atoms with E-state index in [-0.39, 0.29) is 6.61 Å². The van der Waals surface area contributed by atoms with Crippen molar-refractivity contribution in [3.05, 3.63) is 36.3 Å². The Balaban J connectivity index is 2.18. The molecule has 2 rings (SSSR count). The van der Waals surface area contributed by atoms with E-state index in [2.05, 4.69) is 41.2 Å². The van der Waals surface area contributed by atoms with Crippen molar-refractivity contribution < 1.29 is 5.11 Å². The van der Waals surface area contributed by atoms with Crippen LogP contribution in [-0.4, -0.2) is 27.4 Å². The number of nitrogens with two attached hydrogens (primary N) is 1. The lowest BCUT2D eigenvalue weighted by molar-refractivity contribution is 0.264. The lowest BCUT2D eigenvalue weighted by Crippen LogP contribution is -2.15. The number of rotatable bonds is 5. The summed E-state index contributed by atoms with van der Waals surface area (Å²) >= 11 is 1.81. The number of aromatic amines is 1. The van der Waals surface area contributed by atoms with Crippen LogP contribution >= 0.6 is 11.8 Å². The maximum Gasteiger partial charge on any atom is 0.125 e. The fourth-order valence-electron chi connectivity index (χ4n) is 1.66. The molecule has 1 aromatic carbocycles. The van der Waals surface area contributed by atoms with Gasteiger partial charge in [-0.1, -0.05) is 19.1 Å². The third kappa shape index (κ3) is 2.93. The molecule has 1 heterocycles. The maximum atomic E-state index is 8.98. The number of H-pyrrole nitrogens is 1. The number of aliphatic hydroxyl groups excluding tert-OH is 1. The van der Waals surface area contributed by atoms with E-state index in [0.29, 0.717) is 5.82 Å². The second-order valence-corrected chi connectivity index (χ2v) is 5.27. The molecule has 5 heteroatoms. The van der Waals surface area contributed by atoms with Crippen molar-refractivity contribution >= 4 is 11.8 Å². The normalized spacial score (nSPS) is 12.6. The van der Waals surface area contributed by atoms with Crippen LogP contribution < -0.4 is 5.73 Å². The largest absolute Gasteiger partial charge is 0.394 e. The summed E-state index contributed by atoms with van der Waals surface area (Å²) in [6.45, 7) is 2.02. The first kappa shape index (κ1) is 13.1. The van der Waals surface area contributed by atoms with Gasteiger partial charge in [-0.15, -0.1) is 11.8 Å². The molecule has 0 amide bonds. The predicted octanol–water partition coefficient (Wildman–Crippen LogP) is 2.18. The van der Waals surface area contributed by atoms with Crippen LogP contribution in [-0.2, 0) is 0 Å². The SMILES string of the molecule is CCSc1ccc(-c2cnc(C(N)CO)[nH]2)cc1. The minimum Gasteiger partial charge on any atom is -0.394 e. The topological polar surface area (TPSA) is 74.9 Å². The highest BCUT2D eigenvalue weighted by Crippen LogP contribution is 2.23. The minimum absolute atomic E-state index is 0.112. The number of imidazole rings is 1. The Hall–Kier alpha value is -1.30. The van der Waals surface area contributed by atoms with Crippen LogP contribution in [0.4, 0.5) is 0 Å². The first-order valence-corrected chi connectivity index (χ1v) is 6.87. The number of nitrogens with zero attached hydrogens (tertiary/aromatic N) is 1. The third-order valence-corrected chi connectivity index (χ3v) is 3.51. The van der Waals surface area contributed by atoms with Crippen LogP contribution in [0.5, 0.6) is 0 Å². The molecule has 1 aromatic heterocycles. The Bertz CT molecular complexity index is 495. The number of aromatic nitrogens is 2. The molecule has 0 aliphatic rings. The zero-order chi connectivity index (χ0) is 13.0. The summed E-state index contributed by atoms with van der Waals surface area (Å²) in [7, 11) is 0. The highest BCUT2D eigenvalue weighted by molar-refractivity contribution is 7.99. The average Bonchev–Trinajstić information content (AvgIpc) is 2.89. The van der Waals surface area contributed by atoms with E-state index in [1.54, 1.807) is 6.20 Å². The maximum absolute atomic E-state index is 8.98. The monoisotopic (exact) mass is 263 g/mol. The summed E-state index contributed by atoms with van der Waals surface area (Å²) in [5, 5.41) is 8.98. The molecular formula is C13H17N3OS. The quantitative estimate of drug-likeness (QED) is 0.723. The van der Waals surface area contributed by atoms with Gasteiger partial charge >= 0.3 is 0 Å². The summed E-state index contributed by atoms with van der Waals surface area (Å²) < 4.78 is 0. The van der Waals surface area contributed by atoms with Gasteiger partial charge in [-0.05, 0) is 23.4 Å². The van der Waals surface area contributed by atoms with Crippen LogP contribution in [0.2, 0.25) is 0 Å². The standard InChI is InChI=1S/C13H17N3OS/c1-2-18-10-5-3-9(4-6-10)12-7-15-13(16-12)11(14)8-17/h3-7,11,17H,2,8,14H2,1H3,(H,15,16). The van der Waals surface area contributed by atoms with Crippen molar-refractivity contribution in [2.24, 2.45) is 5.73 Å². The second kappa shape index (κ2) is 6.04. The molecule has 18 heavy (non-hydrogen) atoms. The van der Waals surface area contributed by atoms with Gasteiger partial charge in [0.15, 0.2) is 0 Å². The molecule has 1 unspecified atom stereocenters. The van der Waals surface area contributed by atoms with Gasteiger partial charge in [0.25, 0.3) is 0 Å². The zero-order valence-corrected chi connectivity index (χ0v) is 11.1. The lowest BCUT2D eigenvalue weighted by atomic mass is 10.2. The summed E-state index contributed by atoms with van der Waals surface area (Å²) in [5.41, 5.74) is 7.69. The molecule has 0 saturated carbocycles. The van der Waals surface area contributed by atoms with Gasteiger partial charge in [0.1, 0.15) is 5.82 Å². The average molecular weight is 263 g/mol. The van der Waals surface area contributed by atoms with E-state index in [9.17, 15) is 0 Å². The summed E-state index contributed by atoms with van der Waals surface area (Å²) in [5.74, 6) is 1.68. The molecule has 4 N–H and O–H groups in total. The van der Waals surface area contributed by atoms with Crippen LogP contribution in [0.15, 0.2) is 35.4 Å². The number of aliphatic hydroxyl groups is 1. The van der Waals surface area contributed by atoms with Gasteiger partial charge in [-0.3, -0.25) is 0 Å². The Kier molecular flexibility index (Phi) is 4.41. The number of benzene rings is 1. The van der Waals surface area contributed by atoms with Crippen LogP contribution in [0.25, 0.3) is 11.3 Å². The Morgan fingerprint density at radius 2 is 2.11 bits per heavy atom. The molecule has 1 atom stereocenters. The van der Waals surface area contributed by atoms with E-state index in [4.69, 9.17) is 10.8 Å². The van der Waals surface area contributed by atoms with Crippen molar-refractivity contribution in [1.82, 2.24) is 9.97 Å². The van der Waals surface area contributed by atoms with Crippen molar-refractivity contribution in [2.45, 2.75) is 17.9 Å². The van der Waals surface area contributed by atoms with E-state index >= 15 is 0 Å². The van der Waals surface area contributed by atoms with Gasteiger partial charge < -0.3 is 15.8 Å². The van der Waals surface area contributed by atoms with Crippen molar-refractivity contribution in [1.29, 1.82) is 0 Å². The second-order valence-electron chi connectivity index (χ2n) is 3.93. The van der Waals surface area contributed by atoms with Crippen LogP contribution in [0, 0.1) is 0 Å².